The van der Waals surface area contributed by atoms with Gasteiger partial charge < -0.3 is 10.2 Å². The SMILES string of the molecule is Cc1cc(C)c2nc(N3CCC(C(=O)NCc4ccccc4Br)CC3)sc2c1. The Labute approximate surface area is 178 Å². The van der Waals surface area contributed by atoms with Crippen LogP contribution in [0.2, 0.25) is 0 Å². The van der Waals surface area contributed by atoms with Crippen LogP contribution in [0.15, 0.2) is 40.9 Å². The van der Waals surface area contributed by atoms with Gasteiger partial charge in [-0.25, -0.2) is 4.98 Å². The van der Waals surface area contributed by atoms with Gasteiger partial charge in [0.1, 0.15) is 0 Å². The molecule has 0 bridgehead atoms. The van der Waals surface area contributed by atoms with Gasteiger partial charge in [0.05, 0.1) is 10.2 Å². The third-order valence-corrected chi connectivity index (χ3v) is 7.20. The number of carbonyl (C=O) groups is 1. The Hall–Kier alpha value is -1.92. The second-order valence-corrected chi connectivity index (χ2v) is 9.36. The van der Waals surface area contributed by atoms with Gasteiger partial charge in [-0.15, -0.1) is 0 Å². The van der Waals surface area contributed by atoms with Crippen molar-refractivity contribution >= 4 is 48.5 Å². The third-order valence-electron chi connectivity index (χ3n) is 5.37. The van der Waals surface area contributed by atoms with Crippen LogP contribution in [0.3, 0.4) is 0 Å². The van der Waals surface area contributed by atoms with Gasteiger partial charge in [-0.2, -0.15) is 0 Å². The van der Waals surface area contributed by atoms with Gasteiger partial charge in [-0.1, -0.05) is 51.5 Å². The first-order valence-electron chi connectivity index (χ1n) is 9.65. The molecule has 1 aromatic heterocycles. The van der Waals surface area contributed by atoms with E-state index in [2.05, 4.69) is 52.1 Å². The van der Waals surface area contributed by atoms with Crippen LogP contribution in [-0.4, -0.2) is 24.0 Å². The zero-order chi connectivity index (χ0) is 19.7. The number of aryl methyl sites for hydroxylation is 2. The Bertz CT molecular complexity index is 1010. The van der Waals surface area contributed by atoms with Crippen molar-refractivity contribution in [1.82, 2.24) is 10.3 Å². The van der Waals surface area contributed by atoms with Crippen molar-refractivity contribution in [3.05, 3.63) is 57.6 Å². The van der Waals surface area contributed by atoms with Gasteiger partial charge in [0.25, 0.3) is 0 Å². The minimum Gasteiger partial charge on any atom is -0.352 e. The Morgan fingerprint density at radius 1 is 1.25 bits per heavy atom. The number of piperidine rings is 1. The smallest absolute Gasteiger partial charge is 0.223 e. The molecule has 0 radical (unpaired) electrons. The molecule has 4 rings (SSSR count). The van der Waals surface area contributed by atoms with E-state index in [0.717, 1.165) is 46.6 Å². The van der Waals surface area contributed by atoms with Crippen LogP contribution >= 0.6 is 27.3 Å². The number of amides is 1. The monoisotopic (exact) mass is 457 g/mol. The second-order valence-electron chi connectivity index (χ2n) is 7.50. The molecule has 1 N–H and O–H groups in total. The minimum atomic E-state index is 0.0806. The summed E-state index contributed by atoms with van der Waals surface area (Å²) in [6, 6.07) is 12.4. The summed E-state index contributed by atoms with van der Waals surface area (Å²) in [6.07, 6.45) is 1.74. The highest BCUT2D eigenvalue weighted by molar-refractivity contribution is 9.10. The minimum absolute atomic E-state index is 0.0806. The fourth-order valence-electron chi connectivity index (χ4n) is 3.80. The largest absolute Gasteiger partial charge is 0.352 e. The van der Waals surface area contributed by atoms with Crippen LogP contribution in [0, 0.1) is 19.8 Å². The Morgan fingerprint density at radius 3 is 2.75 bits per heavy atom. The predicted molar refractivity (Wildman–Crippen MR) is 120 cm³/mol. The number of carbonyl (C=O) groups excluding carboxylic acids is 1. The molecule has 0 saturated carbocycles. The first-order chi connectivity index (χ1) is 13.5. The lowest BCUT2D eigenvalue weighted by Gasteiger charge is -2.31. The summed E-state index contributed by atoms with van der Waals surface area (Å²) in [4.78, 5) is 19.8. The van der Waals surface area contributed by atoms with Gasteiger partial charge in [-0.05, 0) is 55.5 Å². The molecule has 1 amide bonds. The highest BCUT2D eigenvalue weighted by Gasteiger charge is 2.26. The number of thiazole rings is 1. The Balaban J connectivity index is 1.36. The maximum Gasteiger partial charge on any atom is 0.223 e. The number of nitrogens with zero attached hydrogens (tertiary/aromatic N) is 2. The number of hydrogen-bond donors (Lipinski definition) is 1. The molecule has 1 aliphatic heterocycles. The van der Waals surface area contributed by atoms with E-state index in [4.69, 9.17) is 4.98 Å². The molecule has 1 saturated heterocycles. The fraction of sp³-hybridized carbons (Fsp3) is 0.364. The quantitative estimate of drug-likeness (QED) is 0.584. The number of fused-ring (bicyclic) bond motifs is 1. The second kappa shape index (κ2) is 8.21. The van der Waals surface area contributed by atoms with Gasteiger partial charge in [0.2, 0.25) is 5.91 Å². The summed E-state index contributed by atoms with van der Waals surface area (Å²) in [5.41, 5.74) is 4.73. The molecule has 0 unspecified atom stereocenters. The topological polar surface area (TPSA) is 45.2 Å². The van der Waals surface area contributed by atoms with Gasteiger partial charge in [0.15, 0.2) is 5.13 Å². The maximum absolute atomic E-state index is 12.6. The van der Waals surface area contributed by atoms with Crippen LogP contribution in [0.4, 0.5) is 5.13 Å². The van der Waals surface area contributed by atoms with Gasteiger partial charge >= 0.3 is 0 Å². The molecule has 146 valence electrons. The Morgan fingerprint density at radius 2 is 2.00 bits per heavy atom. The highest BCUT2D eigenvalue weighted by atomic mass is 79.9. The normalized spacial score (nSPS) is 15.2. The zero-order valence-corrected chi connectivity index (χ0v) is 18.6. The number of benzene rings is 2. The summed E-state index contributed by atoms with van der Waals surface area (Å²) in [7, 11) is 0. The predicted octanol–water partition coefficient (Wildman–Crippen LogP) is 5.21. The molecule has 2 aromatic carbocycles. The van der Waals surface area contributed by atoms with Crippen LogP contribution in [0.25, 0.3) is 10.2 Å². The van der Waals surface area contributed by atoms with Crippen molar-refractivity contribution < 1.29 is 4.79 Å². The fourth-order valence-corrected chi connectivity index (χ4v) is 5.41. The van der Waals surface area contributed by atoms with E-state index >= 15 is 0 Å². The van der Waals surface area contributed by atoms with Crippen LogP contribution < -0.4 is 10.2 Å². The van der Waals surface area contributed by atoms with E-state index < -0.39 is 0 Å². The summed E-state index contributed by atoms with van der Waals surface area (Å²) >= 11 is 5.30. The highest BCUT2D eigenvalue weighted by Crippen LogP contribution is 2.33. The van der Waals surface area contributed by atoms with E-state index in [1.807, 2.05) is 24.3 Å². The molecule has 4 nitrogen and oxygen atoms in total. The van der Waals surface area contributed by atoms with Crippen molar-refractivity contribution in [2.24, 2.45) is 5.92 Å². The van der Waals surface area contributed by atoms with Crippen LogP contribution in [0.1, 0.15) is 29.5 Å². The van der Waals surface area contributed by atoms with Crippen molar-refractivity contribution in [3.8, 4) is 0 Å². The first-order valence-corrected chi connectivity index (χ1v) is 11.3. The molecule has 2 heterocycles. The zero-order valence-electron chi connectivity index (χ0n) is 16.2. The average molecular weight is 458 g/mol. The van der Waals surface area contributed by atoms with Crippen LogP contribution in [-0.2, 0) is 11.3 Å². The molecule has 1 aliphatic rings. The average Bonchev–Trinajstić information content (AvgIpc) is 3.11. The van der Waals surface area contributed by atoms with Crippen molar-refractivity contribution in [2.45, 2.75) is 33.2 Å². The number of rotatable bonds is 4. The van der Waals surface area contributed by atoms with E-state index in [1.54, 1.807) is 11.3 Å². The lowest BCUT2D eigenvalue weighted by Crippen LogP contribution is -2.40. The summed E-state index contributed by atoms with van der Waals surface area (Å²) in [6.45, 7) is 6.58. The van der Waals surface area contributed by atoms with E-state index in [9.17, 15) is 4.79 Å². The summed E-state index contributed by atoms with van der Waals surface area (Å²) in [5.74, 6) is 0.239. The van der Waals surface area contributed by atoms with Crippen molar-refractivity contribution in [1.29, 1.82) is 0 Å². The lowest BCUT2D eigenvalue weighted by molar-refractivity contribution is -0.125. The number of anilines is 1. The van der Waals surface area contributed by atoms with Gasteiger partial charge in [-0.3, -0.25) is 4.79 Å². The number of hydrogen-bond acceptors (Lipinski definition) is 4. The Kier molecular flexibility index (Phi) is 5.69. The molecule has 0 spiro atoms. The van der Waals surface area contributed by atoms with Gasteiger partial charge in [0, 0.05) is 30.0 Å². The van der Waals surface area contributed by atoms with Crippen LogP contribution in [0.5, 0.6) is 0 Å². The molecular formula is C22H24BrN3OS. The first kappa shape index (κ1) is 19.4. The van der Waals surface area contributed by atoms with E-state index in [-0.39, 0.29) is 11.8 Å². The number of aromatic nitrogens is 1. The molecular weight excluding hydrogens is 434 g/mol. The molecule has 6 heteroatoms. The van der Waals surface area contributed by atoms with Crippen molar-refractivity contribution in [2.75, 3.05) is 18.0 Å². The number of halogens is 1. The standard InChI is InChI=1S/C22H24BrN3OS/c1-14-11-15(2)20-19(12-14)28-22(25-20)26-9-7-16(8-10-26)21(27)24-13-17-5-3-4-6-18(17)23/h3-6,11-12,16H,7-10,13H2,1-2H3,(H,24,27). The summed E-state index contributed by atoms with van der Waals surface area (Å²) in [5, 5.41) is 4.18. The lowest BCUT2D eigenvalue weighted by atomic mass is 9.96. The van der Waals surface area contributed by atoms with E-state index in [1.165, 1.54) is 15.8 Å². The molecule has 0 atom stereocenters. The molecule has 28 heavy (non-hydrogen) atoms. The van der Waals surface area contributed by atoms with Crippen molar-refractivity contribution in [3.63, 3.8) is 0 Å². The number of nitrogens with one attached hydrogen (secondary N) is 1. The maximum atomic E-state index is 12.6. The molecule has 3 aromatic rings. The molecule has 0 aliphatic carbocycles. The third kappa shape index (κ3) is 4.08. The molecule has 1 fully saturated rings. The summed E-state index contributed by atoms with van der Waals surface area (Å²) < 4.78 is 2.28. The van der Waals surface area contributed by atoms with E-state index in [0.29, 0.717) is 6.54 Å².